The first-order valence-electron chi connectivity index (χ1n) is 9.70. The van der Waals surface area contributed by atoms with Crippen LogP contribution in [-0.2, 0) is 0 Å². The normalized spacial score (nSPS) is 24.0. The summed E-state index contributed by atoms with van der Waals surface area (Å²) >= 11 is 0. The van der Waals surface area contributed by atoms with Crippen LogP contribution in [0.2, 0.25) is 0 Å². The summed E-state index contributed by atoms with van der Waals surface area (Å²) in [7, 11) is 0. The van der Waals surface area contributed by atoms with Crippen molar-refractivity contribution in [2.75, 3.05) is 0 Å². The van der Waals surface area contributed by atoms with Crippen molar-refractivity contribution in [3.05, 3.63) is 11.6 Å². The van der Waals surface area contributed by atoms with Gasteiger partial charge in [-0.05, 0) is 69.1 Å². The lowest BCUT2D eigenvalue weighted by Gasteiger charge is -2.37. The highest BCUT2D eigenvalue weighted by atomic mass is 14.4. The minimum Gasteiger partial charge on any atom is -0.0856 e. The number of rotatable bonds is 9. The van der Waals surface area contributed by atoms with Crippen molar-refractivity contribution in [2.24, 2.45) is 17.3 Å². The Morgan fingerprint density at radius 2 is 2.00 bits per heavy atom. The van der Waals surface area contributed by atoms with Gasteiger partial charge < -0.3 is 0 Å². The molecule has 0 heteroatoms. The van der Waals surface area contributed by atoms with Crippen molar-refractivity contribution in [1.82, 2.24) is 0 Å². The summed E-state index contributed by atoms with van der Waals surface area (Å²) < 4.78 is 0. The molecule has 3 unspecified atom stereocenters. The van der Waals surface area contributed by atoms with E-state index >= 15 is 0 Å². The first-order chi connectivity index (χ1) is 10.0. The fourth-order valence-electron chi connectivity index (χ4n) is 4.30. The average Bonchev–Trinajstić information content (AvgIpc) is 2.68. The molecule has 0 radical (unpaired) electrons. The van der Waals surface area contributed by atoms with Gasteiger partial charge in [-0.25, -0.2) is 0 Å². The van der Waals surface area contributed by atoms with Gasteiger partial charge in [0.25, 0.3) is 0 Å². The average molecular weight is 293 g/mol. The van der Waals surface area contributed by atoms with Gasteiger partial charge in [-0.1, -0.05) is 65.0 Å². The highest BCUT2D eigenvalue weighted by Crippen LogP contribution is 2.44. The van der Waals surface area contributed by atoms with E-state index in [0.717, 1.165) is 11.8 Å². The van der Waals surface area contributed by atoms with Gasteiger partial charge in [-0.3, -0.25) is 0 Å². The van der Waals surface area contributed by atoms with Crippen LogP contribution in [-0.4, -0.2) is 0 Å². The van der Waals surface area contributed by atoms with E-state index < -0.39 is 0 Å². The summed E-state index contributed by atoms with van der Waals surface area (Å²) in [5.74, 6) is 1.86. The fraction of sp³-hybridized carbons (Fsp3) is 0.905. The Morgan fingerprint density at radius 1 is 1.24 bits per heavy atom. The quantitative estimate of drug-likeness (QED) is 0.385. The van der Waals surface area contributed by atoms with E-state index in [9.17, 15) is 0 Å². The van der Waals surface area contributed by atoms with Crippen molar-refractivity contribution in [1.29, 1.82) is 0 Å². The van der Waals surface area contributed by atoms with E-state index in [4.69, 9.17) is 0 Å². The molecule has 0 aromatic rings. The molecule has 0 fully saturated rings. The van der Waals surface area contributed by atoms with Crippen LogP contribution < -0.4 is 0 Å². The lowest BCUT2D eigenvalue weighted by molar-refractivity contribution is 0.150. The highest BCUT2D eigenvalue weighted by molar-refractivity contribution is 5.02. The van der Waals surface area contributed by atoms with Crippen LogP contribution in [0.25, 0.3) is 0 Å². The Bertz CT molecular complexity index is 301. The van der Waals surface area contributed by atoms with Crippen LogP contribution in [0.3, 0.4) is 0 Å². The first kappa shape index (κ1) is 18.8. The molecule has 124 valence electrons. The summed E-state index contributed by atoms with van der Waals surface area (Å²) in [5, 5.41) is 0. The van der Waals surface area contributed by atoms with Gasteiger partial charge in [-0.15, -0.1) is 0 Å². The maximum absolute atomic E-state index is 2.49. The largest absolute Gasteiger partial charge is 0.0856 e. The molecule has 0 bridgehead atoms. The molecule has 0 nitrogen and oxygen atoms in total. The molecule has 21 heavy (non-hydrogen) atoms. The monoisotopic (exact) mass is 292 g/mol. The van der Waals surface area contributed by atoms with Crippen LogP contribution in [0.1, 0.15) is 105 Å². The van der Waals surface area contributed by atoms with E-state index in [0.29, 0.717) is 5.41 Å². The van der Waals surface area contributed by atoms with E-state index in [1.807, 2.05) is 0 Å². The summed E-state index contributed by atoms with van der Waals surface area (Å²) in [5.41, 5.74) is 2.29. The summed E-state index contributed by atoms with van der Waals surface area (Å²) in [6.07, 6.45) is 18.0. The molecule has 0 saturated carbocycles. The molecule has 1 aliphatic carbocycles. The summed E-state index contributed by atoms with van der Waals surface area (Å²) in [4.78, 5) is 0. The molecule has 1 aliphatic rings. The Morgan fingerprint density at radius 3 is 2.62 bits per heavy atom. The predicted octanol–water partition coefficient (Wildman–Crippen LogP) is 7.54. The van der Waals surface area contributed by atoms with Crippen molar-refractivity contribution >= 4 is 0 Å². The van der Waals surface area contributed by atoms with Gasteiger partial charge in [-0.2, -0.15) is 0 Å². The van der Waals surface area contributed by atoms with Crippen LogP contribution in [0.4, 0.5) is 0 Å². The molecular weight excluding hydrogens is 252 g/mol. The SMILES string of the molecule is CCCC(CC)(CCC(C)CC)CC1CCCC=C(C)C1. The van der Waals surface area contributed by atoms with Gasteiger partial charge in [0, 0.05) is 0 Å². The number of hydrogen-bond donors (Lipinski definition) is 0. The molecule has 3 atom stereocenters. The van der Waals surface area contributed by atoms with Gasteiger partial charge in [0.2, 0.25) is 0 Å². The standard InChI is InChI=1S/C21H40/c1-6-14-21(8-3,15-13-18(4)7-2)17-20-12-10-9-11-19(5)16-20/h11,18,20H,6-10,12-17H2,1-5H3. The van der Waals surface area contributed by atoms with Crippen molar-refractivity contribution in [3.63, 3.8) is 0 Å². The third-order valence-corrected chi connectivity index (χ3v) is 6.04. The number of hydrogen-bond acceptors (Lipinski definition) is 0. The van der Waals surface area contributed by atoms with E-state index in [1.165, 1.54) is 70.6 Å². The lowest BCUT2D eigenvalue weighted by Crippen LogP contribution is -2.25. The van der Waals surface area contributed by atoms with Crippen molar-refractivity contribution < 1.29 is 0 Å². The maximum atomic E-state index is 2.49. The molecule has 0 spiro atoms. The number of allylic oxidation sites excluding steroid dienone is 2. The minimum absolute atomic E-state index is 0.632. The topological polar surface area (TPSA) is 0 Å². The van der Waals surface area contributed by atoms with Gasteiger partial charge in [0.05, 0.1) is 0 Å². The van der Waals surface area contributed by atoms with Crippen LogP contribution in [0, 0.1) is 17.3 Å². The maximum Gasteiger partial charge on any atom is -0.0294 e. The molecule has 0 aromatic carbocycles. The molecule has 1 rings (SSSR count). The Kier molecular flexibility index (Phi) is 8.67. The second kappa shape index (κ2) is 9.70. The predicted molar refractivity (Wildman–Crippen MR) is 96.7 cm³/mol. The van der Waals surface area contributed by atoms with Gasteiger partial charge in [0.15, 0.2) is 0 Å². The zero-order valence-electron chi connectivity index (χ0n) is 15.5. The fourth-order valence-corrected chi connectivity index (χ4v) is 4.30. The molecule has 0 heterocycles. The van der Waals surface area contributed by atoms with Crippen LogP contribution >= 0.6 is 0 Å². The second-order valence-electron chi connectivity index (χ2n) is 7.91. The molecule has 0 saturated heterocycles. The molecule has 0 aromatic heterocycles. The smallest absolute Gasteiger partial charge is 0.0294 e. The summed E-state index contributed by atoms with van der Waals surface area (Å²) in [6, 6.07) is 0. The Hall–Kier alpha value is -0.260. The van der Waals surface area contributed by atoms with Crippen molar-refractivity contribution in [2.45, 2.75) is 105 Å². The highest BCUT2D eigenvalue weighted by Gasteiger charge is 2.31. The van der Waals surface area contributed by atoms with Crippen molar-refractivity contribution in [3.8, 4) is 0 Å². The first-order valence-corrected chi connectivity index (χ1v) is 9.70. The molecule has 0 N–H and O–H groups in total. The van der Waals surface area contributed by atoms with Gasteiger partial charge >= 0.3 is 0 Å². The Balaban J connectivity index is 2.68. The van der Waals surface area contributed by atoms with Gasteiger partial charge in [0.1, 0.15) is 0 Å². The Labute approximate surface area is 134 Å². The minimum atomic E-state index is 0.632. The van der Waals surface area contributed by atoms with E-state index in [1.54, 1.807) is 5.57 Å². The molecule has 0 amide bonds. The lowest BCUT2D eigenvalue weighted by atomic mass is 9.68. The zero-order chi connectivity index (χ0) is 15.7. The second-order valence-corrected chi connectivity index (χ2v) is 7.91. The molecular formula is C21H40. The summed E-state index contributed by atoms with van der Waals surface area (Å²) in [6.45, 7) is 12.0. The zero-order valence-corrected chi connectivity index (χ0v) is 15.5. The third kappa shape index (κ3) is 6.57. The molecule has 0 aliphatic heterocycles. The third-order valence-electron chi connectivity index (χ3n) is 6.04. The van der Waals surface area contributed by atoms with Crippen LogP contribution in [0.15, 0.2) is 11.6 Å². The van der Waals surface area contributed by atoms with E-state index in [-0.39, 0.29) is 0 Å². The van der Waals surface area contributed by atoms with E-state index in [2.05, 4.69) is 40.7 Å². The van der Waals surface area contributed by atoms with Crippen LogP contribution in [0.5, 0.6) is 0 Å².